The van der Waals surface area contributed by atoms with Crippen LogP contribution in [0.3, 0.4) is 0 Å². The van der Waals surface area contributed by atoms with Gasteiger partial charge in [0.25, 0.3) is 0 Å². The van der Waals surface area contributed by atoms with Crippen molar-refractivity contribution in [2.75, 3.05) is 0 Å². The van der Waals surface area contributed by atoms with E-state index in [-0.39, 0.29) is 0 Å². The van der Waals surface area contributed by atoms with E-state index >= 15 is 0 Å². The summed E-state index contributed by atoms with van der Waals surface area (Å²) >= 11 is 0. The molecule has 0 aliphatic rings. The third-order valence-electron chi connectivity index (χ3n) is 13.9. The van der Waals surface area contributed by atoms with Gasteiger partial charge in [0, 0.05) is 66.1 Å². The number of nitrogens with zero attached hydrogens (tertiary/aromatic N) is 5. The van der Waals surface area contributed by atoms with Crippen molar-refractivity contribution in [1.29, 1.82) is 0 Å². The van der Waals surface area contributed by atoms with Gasteiger partial charge in [0.2, 0.25) is 0 Å². The fourth-order valence-corrected chi connectivity index (χ4v) is 10.7. The van der Waals surface area contributed by atoms with E-state index in [1.165, 1.54) is 65.5 Å². The first-order chi connectivity index (χ1) is 34.2. The van der Waals surface area contributed by atoms with E-state index in [0.29, 0.717) is 5.82 Å². The van der Waals surface area contributed by atoms with Crippen molar-refractivity contribution in [3.8, 4) is 62.1 Å². The maximum atomic E-state index is 5.10. The van der Waals surface area contributed by atoms with Gasteiger partial charge in [-0.15, -0.1) is 0 Å². The molecule has 0 saturated heterocycles. The number of rotatable bonds is 7. The smallest absolute Gasteiger partial charge is 0.160 e. The molecule has 0 fully saturated rings. The van der Waals surface area contributed by atoms with E-state index in [9.17, 15) is 0 Å². The summed E-state index contributed by atoms with van der Waals surface area (Å²) in [6, 6.07) is 89.2. The zero-order valence-electron chi connectivity index (χ0n) is 37.4. The highest BCUT2D eigenvalue weighted by atomic mass is 15.0. The summed E-state index contributed by atoms with van der Waals surface area (Å²) in [4.78, 5) is 10.2. The molecule has 0 spiro atoms. The molecule has 0 radical (unpaired) electrons. The Hall–Kier alpha value is -9.32. The number of para-hydroxylation sites is 4. The lowest BCUT2D eigenvalue weighted by molar-refractivity contribution is 1.16. The number of aromatic nitrogens is 5. The molecule has 0 atom stereocenters. The van der Waals surface area contributed by atoms with Crippen LogP contribution in [0.25, 0.3) is 128 Å². The van der Waals surface area contributed by atoms with Crippen LogP contribution in [0, 0.1) is 0 Å². The molecule has 5 heteroatoms. The number of hydrogen-bond acceptors (Lipinski definition) is 2. The van der Waals surface area contributed by atoms with Crippen LogP contribution in [-0.2, 0) is 0 Å². The molecule has 5 nitrogen and oxygen atoms in total. The van der Waals surface area contributed by atoms with Crippen LogP contribution in [-0.4, -0.2) is 23.7 Å². The molecule has 10 aromatic carbocycles. The number of benzene rings is 10. The van der Waals surface area contributed by atoms with Gasteiger partial charge in [0.15, 0.2) is 5.82 Å². The summed E-state index contributed by atoms with van der Waals surface area (Å²) in [7, 11) is 0. The summed E-state index contributed by atoms with van der Waals surface area (Å²) in [5.74, 6) is 0.695. The molecule has 0 amide bonds. The maximum Gasteiger partial charge on any atom is 0.160 e. The van der Waals surface area contributed by atoms with Gasteiger partial charge >= 0.3 is 0 Å². The van der Waals surface area contributed by atoms with Crippen molar-refractivity contribution in [3.05, 3.63) is 249 Å². The van der Waals surface area contributed by atoms with E-state index in [1.807, 2.05) is 12.1 Å². The zero-order valence-corrected chi connectivity index (χ0v) is 37.4. The minimum Gasteiger partial charge on any atom is -0.309 e. The van der Waals surface area contributed by atoms with Gasteiger partial charge < -0.3 is 13.7 Å². The van der Waals surface area contributed by atoms with Crippen molar-refractivity contribution in [2.45, 2.75) is 0 Å². The molecule has 0 aliphatic heterocycles. The summed E-state index contributed by atoms with van der Waals surface area (Å²) in [6.45, 7) is 0. The van der Waals surface area contributed by atoms with E-state index < -0.39 is 0 Å². The Morgan fingerprint density at radius 3 is 1.09 bits per heavy atom. The van der Waals surface area contributed by atoms with E-state index in [0.717, 1.165) is 56.2 Å². The summed E-state index contributed by atoms with van der Waals surface area (Å²) in [5.41, 5.74) is 17.6. The van der Waals surface area contributed by atoms with Gasteiger partial charge in [-0.25, -0.2) is 9.97 Å². The van der Waals surface area contributed by atoms with Crippen LogP contribution >= 0.6 is 0 Å². The Kier molecular flexibility index (Phi) is 8.83. The summed E-state index contributed by atoms with van der Waals surface area (Å²) in [5, 5.41) is 7.36. The molecule has 0 unspecified atom stereocenters. The van der Waals surface area contributed by atoms with E-state index in [4.69, 9.17) is 9.97 Å². The fraction of sp³-hybridized carbons (Fsp3) is 0. The monoisotopic (exact) mass is 879 g/mol. The number of hydrogen-bond donors (Lipinski definition) is 0. The van der Waals surface area contributed by atoms with Crippen LogP contribution in [0.1, 0.15) is 0 Å². The van der Waals surface area contributed by atoms with Crippen LogP contribution in [0.15, 0.2) is 249 Å². The van der Waals surface area contributed by atoms with Gasteiger partial charge in [-0.3, -0.25) is 0 Å². The second kappa shape index (κ2) is 15.7. The first kappa shape index (κ1) is 38.9. The molecular weight excluding hydrogens is 839 g/mol. The first-order valence-corrected chi connectivity index (χ1v) is 23.5. The zero-order chi connectivity index (χ0) is 45.4. The molecular formula is C64H41N5. The molecule has 0 bridgehead atoms. The second-order valence-corrected chi connectivity index (χ2v) is 17.8. The van der Waals surface area contributed by atoms with E-state index in [1.54, 1.807) is 0 Å². The molecule has 4 aromatic heterocycles. The molecule has 69 heavy (non-hydrogen) atoms. The van der Waals surface area contributed by atoms with Crippen molar-refractivity contribution in [2.24, 2.45) is 0 Å². The van der Waals surface area contributed by atoms with E-state index in [2.05, 4.69) is 250 Å². The Labute approximate surface area is 398 Å². The van der Waals surface area contributed by atoms with Crippen molar-refractivity contribution >= 4 is 65.4 Å². The van der Waals surface area contributed by atoms with Crippen molar-refractivity contribution in [3.63, 3.8) is 0 Å². The second-order valence-electron chi connectivity index (χ2n) is 17.8. The number of fused-ring (bicyclic) bond motifs is 9. The third-order valence-corrected chi connectivity index (χ3v) is 13.9. The minimum atomic E-state index is 0.695. The average Bonchev–Trinajstić information content (AvgIpc) is 4.06. The lowest BCUT2D eigenvalue weighted by Crippen LogP contribution is -1.97. The standard InChI is InChI=1S/C64H41N5/c1-4-16-42(17-5-1)56-41-57(43-18-6-2-7-19-43)66-64(65-56)44-28-32-48(33-29-44)68-60-27-15-12-24-52(60)53-38-45(30-35-61(53)68)46-31-36-62-54(39-46)55-40-49(34-37-63(55)67(62)47-20-8-3-9-21-47)69-58-25-13-10-22-50(58)51-23-11-14-26-59(51)69/h1-41H. The lowest BCUT2D eigenvalue weighted by atomic mass is 10.0. The van der Waals surface area contributed by atoms with Gasteiger partial charge in [-0.2, -0.15) is 0 Å². The minimum absolute atomic E-state index is 0.695. The van der Waals surface area contributed by atoms with Gasteiger partial charge in [-0.05, 0) is 114 Å². The maximum absolute atomic E-state index is 5.10. The highest BCUT2D eigenvalue weighted by Crippen LogP contribution is 2.41. The highest BCUT2D eigenvalue weighted by Gasteiger charge is 2.19. The Balaban J connectivity index is 0.892. The van der Waals surface area contributed by atoms with Crippen molar-refractivity contribution < 1.29 is 0 Å². The normalized spacial score (nSPS) is 11.8. The predicted octanol–water partition coefficient (Wildman–Crippen LogP) is 16.4. The topological polar surface area (TPSA) is 40.6 Å². The Morgan fingerprint density at radius 2 is 0.565 bits per heavy atom. The largest absolute Gasteiger partial charge is 0.309 e. The first-order valence-electron chi connectivity index (χ1n) is 23.5. The van der Waals surface area contributed by atoms with Crippen LogP contribution in [0.2, 0.25) is 0 Å². The quantitative estimate of drug-likeness (QED) is 0.160. The highest BCUT2D eigenvalue weighted by molar-refractivity contribution is 6.14. The van der Waals surface area contributed by atoms with Crippen molar-refractivity contribution in [1.82, 2.24) is 23.7 Å². The average molecular weight is 880 g/mol. The fourth-order valence-electron chi connectivity index (χ4n) is 10.7. The summed E-state index contributed by atoms with van der Waals surface area (Å²) < 4.78 is 7.19. The molecule has 0 aliphatic carbocycles. The molecule has 0 N–H and O–H groups in total. The Bertz CT molecular complexity index is 4170. The predicted molar refractivity (Wildman–Crippen MR) is 287 cm³/mol. The molecule has 0 saturated carbocycles. The molecule has 322 valence electrons. The molecule has 14 rings (SSSR count). The van der Waals surface area contributed by atoms with Gasteiger partial charge in [0.1, 0.15) is 0 Å². The SMILES string of the molecule is c1ccc(-c2cc(-c3ccccc3)nc(-c3ccc(-n4c5ccccc5c5cc(-c6ccc7c(c6)c6cc(-n8c9ccccc9c9ccccc98)ccc6n7-c6ccccc6)ccc54)cc3)n2)cc1. The van der Waals surface area contributed by atoms with Crippen LogP contribution in [0.5, 0.6) is 0 Å². The molecule has 14 aromatic rings. The lowest BCUT2D eigenvalue weighted by Gasteiger charge is -2.11. The third kappa shape index (κ3) is 6.32. The van der Waals surface area contributed by atoms with Crippen LogP contribution < -0.4 is 0 Å². The van der Waals surface area contributed by atoms with Gasteiger partial charge in [0.05, 0.1) is 44.5 Å². The van der Waals surface area contributed by atoms with Crippen LogP contribution in [0.4, 0.5) is 0 Å². The molecule has 4 heterocycles. The summed E-state index contributed by atoms with van der Waals surface area (Å²) in [6.07, 6.45) is 0. The Morgan fingerprint density at radius 1 is 0.217 bits per heavy atom. The van der Waals surface area contributed by atoms with Gasteiger partial charge in [-0.1, -0.05) is 146 Å².